The molecule has 0 spiro atoms. The predicted octanol–water partition coefficient (Wildman–Crippen LogP) is 4.19. The van der Waals surface area contributed by atoms with Gasteiger partial charge in [-0.1, -0.05) is 30.3 Å². The number of amides is 1. The van der Waals surface area contributed by atoms with Crippen LogP contribution in [0, 0.1) is 5.92 Å². The molecule has 0 N–H and O–H groups in total. The molecule has 0 unspecified atom stereocenters. The lowest BCUT2D eigenvalue weighted by Crippen LogP contribution is -2.38. The first-order valence-electron chi connectivity index (χ1n) is 9.35. The predicted molar refractivity (Wildman–Crippen MR) is 103 cm³/mol. The Balaban J connectivity index is 1.59. The van der Waals surface area contributed by atoms with E-state index in [2.05, 4.69) is 30.3 Å². The van der Waals surface area contributed by atoms with Gasteiger partial charge in [-0.25, -0.2) is 0 Å². The average Bonchev–Trinajstić information content (AvgIpc) is 2.69. The van der Waals surface area contributed by atoms with Crippen LogP contribution in [0.1, 0.15) is 35.7 Å². The molecule has 4 heteroatoms. The van der Waals surface area contributed by atoms with Crippen molar-refractivity contribution in [2.75, 3.05) is 26.8 Å². The molecule has 2 aromatic carbocycles. The minimum absolute atomic E-state index is 0.0736. The van der Waals surface area contributed by atoms with Gasteiger partial charge in [0.05, 0.1) is 13.7 Å². The van der Waals surface area contributed by atoms with E-state index in [1.165, 1.54) is 5.56 Å². The monoisotopic (exact) mass is 353 g/mol. The van der Waals surface area contributed by atoms with Gasteiger partial charge in [0, 0.05) is 18.7 Å². The van der Waals surface area contributed by atoms with Crippen molar-refractivity contribution in [1.29, 1.82) is 0 Å². The molecule has 138 valence electrons. The molecular weight excluding hydrogens is 326 g/mol. The Kier molecular flexibility index (Phi) is 6.16. The Morgan fingerprint density at radius 3 is 2.46 bits per heavy atom. The van der Waals surface area contributed by atoms with Gasteiger partial charge in [0.15, 0.2) is 11.5 Å². The van der Waals surface area contributed by atoms with Gasteiger partial charge in [-0.15, -0.1) is 0 Å². The molecule has 0 atom stereocenters. The van der Waals surface area contributed by atoms with E-state index >= 15 is 0 Å². The Labute approximate surface area is 155 Å². The largest absolute Gasteiger partial charge is 0.493 e. The first-order chi connectivity index (χ1) is 12.7. The van der Waals surface area contributed by atoms with Gasteiger partial charge in [-0.05, 0) is 55.9 Å². The van der Waals surface area contributed by atoms with E-state index in [1.807, 2.05) is 24.0 Å². The second kappa shape index (κ2) is 8.75. The van der Waals surface area contributed by atoms with Crippen molar-refractivity contribution in [1.82, 2.24) is 4.90 Å². The van der Waals surface area contributed by atoms with Crippen LogP contribution in [0.25, 0.3) is 0 Å². The Morgan fingerprint density at radius 1 is 1.08 bits per heavy atom. The molecule has 1 aliphatic rings. The summed E-state index contributed by atoms with van der Waals surface area (Å²) in [6.07, 6.45) is 3.20. The number of piperidine rings is 1. The summed E-state index contributed by atoms with van der Waals surface area (Å²) in [5.74, 6) is 2.01. The number of benzene rings is 2. The fourth-order valence-electron chi connectivity index (χ4n) is 3.55. The second-order valence-corrected chi connectivity index (χ2v) is 6.72. The van der Waals surface area contributed by atoms with Gasteiger partial charge in [-0.2, -0.15) is 0 Å². The van der Waals surface area contributed by atoms with Crippen LogP contribution in [0.2, 0.25) is 0 Å². The first kappa shape index (κ1) is 18.3. The van der Waals surface area contributed by atoms with Crippen LogP contribution in [0.3, 0.4) is 0 Å². The third-order valence-electron chi connectivity index (χ3n) is 4.98. The minimum atomic E-state index is 0.0736. The lowest BCUT2D eigenvalue weighted by atomic mass is 9.90. The Bertz CT molecular complexity index is 721. The van der Waals surface area contributed by atoms with Crippen LogP contribution in [-0.2, 0) is 6.42 Å². The van der Waals surface area contributed by atoms with E-state index in [0.717, 1.165) is 32.4 Å². The smallest absolute Gasteiger partial charge is 0.253 e. The molecule has 1 saturated heterocycles. The number of hydrogen-bond donors (Lipinski definition) is 0. The first-order valence-corrected chi connectivity index (χ1v) is 9.35. The highest BCUT2D eigenvalue weighted by Crippen LogP contribution is 2.29. The van der Waals surface area contributed by atoms with Gasteiger partial charge >= 0.3 is 0 Å². The summed E-state index contributed by atoms with van der Waals surface area (Å²) in [6.45, 7) is 4.12. The molecule has 4 nitrogen and oxygen atoms in total. The van der Waals surface area contributed by atoms with Crippen LogP contribution in [0.15, 0.2) is 48.5 Å². The number of carbonyl (C=O) groups excluding carboxylic acids is 1. The van der Waals surface area contributed by atoms with Gasteiger partial charge < -0.3 is 14.4 Å². The number of methoxy groups -OCH3 is 1. The average molecular weight is 353 g/mol. The third-order valence-corrected chi connectivity index (χ3v) is 4.98. The van der Waals surface area contributed by atoms with Gasteiger partial charge in [0.25, 0.3) is 5.91 Å². The highest BCUT2D eigenvalue weighted by molar-refractivity contribution is 5.95. The maximum absolute atomic E-state index is 12.8. The number of ether oxygens (including phenoxy) is 2. The van der Waals surface area contributed by atoms with Crippen molar-refractivity contribution in [3.63, 3.8) is 0 Å². The van der Waals surface area contributed by atoms with Gasteiger partial charge in [0.1, 0.15) is 0 Å². The molecule has 1 fully saturated rings. The quantitative estimate of drug-likeness (QED) is 0.782. The van der Waals surface area contributed by atoms with Crippen molar-refractivity contribution in [3.8, 4) is 11.5 Å². The minimum Gasteiger partial charge on any atom is -0.493 e. The fourth-order valence-corrected chi connectivity index (χ4v) is 3.55. The van der Waals surface area contributed by atoms with Gasteiger partial charge in [0.2, 0.25) is 0 Å². The lowest BCUT2D eigenvalue weighted by molar-refractivity contribution is 0.0690. The third kappa shape index (κ3) is 4.37. The summed E-state index contributed by atoms with van der Waals surface area (Å²) in [4.78, 5) is 14.8. The van der Waals surface area contributed by atoms with Crippen molar-refractivity contribution >= 4 is 5.91 Å². The normalized spacial score (nSPS) is 14.9. The van der Waals surface area contributed by atoms with Crippen molar-refractivity contribution in [2.24, 2.45) is 5.92 Å². The molecule has 1 amide bonds. The molecule has 0 bridgehead atoms. The second-order valence-electron chi connectivity index (χ2n) is 6.72. The number of hydrogen-bond acceptors (Lipinski definition) is 3. The van der Waals surface area contributed by atoms with E-state index in [4.69, 9.17) is 9.47 Å². The number of carbonyl (C=O) groups is 1. The Hall–Kier alpha value is -2.49. The molecule has 0 aliphatic carbocycles. The SMILES string of the molecule is CCOc1ccc(C(=O)N2CCC(Cc3ccccc3)CC2)cc1OC. The van der Waals surface area contributed by atoms with Gasteiger partial charge in [-0.3, -0.25) is 4.79 Å². The fraction of sp³-hybridized carbons (Fsp3) is 0.409. The van der Waals surface area contributed by atoms with Crippen LogP contribution in [0.4, 0.5) is 0 Å². The van der Waals surface area contributed by atoms with Crippen molar-refractivity contribution < 1.29 is 14.3 Å². The van der Waals surface area contributed by atoms with Crippen LogP contribution >= 0.6 is 0 Å². The highest BCUT2D eigenvalue weighted by atomic mass is 16.5. The summed E-state index contributed by atoms with van der Waals surface area (Å²) in [5.41, 5.74) is 2.04. The number of likely N-dealkylation sites (tertiary alicyclic amines) is 1. The molecule has 26 heavy (non-hydrogen) atoms. The van der Waals surface area contributed by atoms with Crippen molar-refractivity contribution in [3.05, 3.63) is 59.7 Å². The number of rotatable bonds is 6. The van der Waals surface area contributed by atoms with E-state index in [0.29, 0.717) is 29.6 Å². The topological polar surface area (TPSA) is 38.8 Å². The summed E-state index contributed by atoms with van der Waals surface area (Å²) < 4.78 is 10.9. The molecule has 0 radical (unpaired) electrons. The maximum Gasteiger partial charge on any atom is 0.253 e. The lowest BCUT2D eigenvalue weighted by Gasteiger charge is -2.32. The molecule has 2 aromatic rings. The zero-order chi connectivity index (χ0) is 18.4. The molecule has 3 rings (SSSR count). The Morgan fingerprint density at radius 2 is 1.81 bits per heavy atom. The zero-order valence-electron chi connectivity index (χ0n) is 15.6. The summed E-state index contributed by atoms with van der Waals surface area (Å²) in [6, 6.07) is 16.0. The molecular formula is C22H27NO3. The van der Waals surface area contributed by atoms with Crippen LogP contribution in [-0.4, -0.2) is 37.6 Å². The number of nitrogens with zero attached hydrogens (tertiary/aromatic N) is 1. The van der Waals surface area contributed by atoms with E-state index in [1.54, 1.807) is 13.2 Å². The molecule has 1 aliphatic heterocycles. The van der Waals surface area contributed by atoms with E-state index in [-0.39, 0.29) is 5.91 Å². The molecule has 0 saturated carbocycles. The summed E-state index contributed by atoms with van der Waals surface area (Å²) in [7, 11) is 1.60. The standard InChI is InChI=1S/C22H27NO3/c1-3-26-20-10-9-19(16-21(20)25-2)22(24)23-13-11-18(12-14-23)15-17-7-5-4-6-8-17/h4-10,16,18H,3,11-15H2,1-2H3. The summed E-state index contributed by atoms with van der Waals surface area (Å²) >= 11 is 0. The summed E-state index contributed by atoms with van der Waals surface area (Å²) in [5, 5.41) is 0. The van der Waals surface area contributed by atoms with Crippen molar-refractivity contribution in [2.45, 2.75) is 26.2 Å². The highest BCUT2D eigenvalue weighted by Gasteiger charge is 2.24. The van der Waals surface area contributed by atoms with E-state index in [9.17, 15) is 4.79 Å². The molecule has 1 heterocycles. The van der Waals surface area contributed by atoms with Crippen LogP contribution < -0.4 is 9.47 Å². The maximum atomic E-state index is 12.8. The van der Waals surface area contributed by atoms with Crippen LogP contribution in [0.5, 0.6) is 11.5 Å². The zero-order valence-corrected chi connectivity index (χ0v) is 15.6. The molecule has 0 aromatic heterocycles. The van der Waals surface area contributed by atoms with E-state index < -0.39 is 0 Å².